The Morgan fingerprint density at radius 2 is 2.20 bits per heavy atom. The SMILES string of the molecule is Cc1cc(C(F)(F)F)nc(N2CCNC(C(N)=O)C2)n1. The first-order chi connectivity index (χ1) is 9.27. The molecule has 2 heterocycles. The summed E-state index contributed by atoms with van der Waals surface area (Å²) in [6.07, 6.45) is -4.53. The van der Waals surface area contributed by atoms with Gasteiger partial charge < -0.3 is 16.0 Å². The molecule has 0 aromatic carbocycles. The largest absolute Gasteiger partial charge is 0.433 e. The van der Waals surface area contributed by atoms with Crippen molar-refractivity contribution < 1.29 is 18.0 Å². The predicted octanol–water partition coefficient (Wildman–Crippen LogP) is 0.0673. The summed E-state index contributed by atoms with van der Waals surface area (Å²) in [5.41, 5.74) is 4.42. The summed E-state index contributed by atoms with van der Waals surface area (Å²) in [7, 11) is 0. The van der Waals surface area contributed by atoms with Gasteiger partial charge in [-0.2, -0.15) is 13.2 Å². The van der Waals surface area contributed by atoms with Gasteiger partial charge in [-0.15, -0.1) is 0 Å². The smallest absolute Gasteiger partial charge is 0.368 e. The zero-order valence-electron chi connectivity index (χ0n) is 10.7. The molecule has 1 fully saturated rings. The van der Waals surface area contributed by atoms with Crippen molar-refractivity contribution in [1.29, 1.82) is 0 Å². The van der Waals surface area contributed by atoms with Crippen LogP contribution in [-0.4, -0.2) is 41.6 Å². The van der Waals surface area contributed by atoms with Crippen LogP contribution in [0.5, 0.6) is 0 Å². The van der Waals surface area contributed by atoms with Crippen molar-refractivity contribution >= 4 is 11.9 Å². The van der Waals surface area contributed by atoms with Crippen LogP contribution in [0.15, 0.2) is 6.07 Å². The molecule has 20 heavy (non-hydrogen) atoms. The summed E-state index contributed by atoms with van der Waals surface area (Å²) >= 11 is 0. The van der Waals surface area contributed by atoms with Crippen LogP contribution in [0.1, 0.15) is 11.4 Å². The van der Waals surface area contributed by atoms with Gasteiger partial charge in [0.1, 0.15) is 11.7 Å². The highest BCUT2D eigenvalue weighted by molar-refractivity contribution is 5.80. The number of hydrogen-bond donors (Lipinski definition) is 2. The average molecular weight is 289 g/mol. The van der Waals surface area contributed by atoms with Gasteiger partial charge in [0, 0.05) is 25.3 Å². The number of nitrogens with two attached hydrogens (primary N) is 1. The van der Waals surface area contributed by atoms with Gasteiger partial charge >= 0.3 is 6.18 Å². The number of carbonyl (C=O) groups is 1. The molecule has 1 aliphatic rings. The van der Waals surface area contributed by atoms with Crippen LogP contribution in [0.2, 0.25) is 0 Å². The molecule has 1 unspecified atom stereocenters. The maximum atomic E-state index is 12.7. The Balaban J connectivity index is 2.28. The molecule has 0 radical (unpaired) electrons. The van der Waals surface area contributed by atoms with E-state index in [1.54, 1.807) is 0 Å². The van der Waals surface area contributed by atoms with Crippen LogP contribution in [-0.2, 0) is 11.0 Å². The van der Waals surface area contributed by atoms with Crippen LogP contribution in [0.25, 0.3) is 0 Å². The average Bonchev–Trinajstić information content (AvgIpc) is 2.37. The fourth-order valence-corrected chi connectivity index (χ4v) is 1.96. The molecule has 1 aliphatic heterocycles. The number of piperazine rings is 1. The molecular formula is C11H14F3N5O. The van der Waals surface area contributed by atoms with Crippen LogP contribution in [0.3, 0.4) is 0 Å². The van der Waals surface area contributed by atoms with E-state index in [2.05, 4.69) is 15.3 Å². The molecule has 3 N–H and O–H groups in total. The number of anilines is 1. The van der Waals surface area contributed by atoms with E-state index < -0.39 is 23.8 Å². The molecule has 1 saturated heterocycles. The minimum atomic E-state index is -4.53. The van der Waals surface area contributed by atoms with Gasteiger partial charge in [-0.1, -0.05) is 0 Å². The number of nitrogens with one attached hydrogen (secondary N) is 1. The molecule has 1 aromatic rings. The summed E-state index contributed by atoms with van der Waals surface area (Å²) in [5, 5.41) is 2.88. The van der Waals surface area contributed by atoms with Gasteiger partial charge in [0.25, 0.3) is 0 Å². The first-order valence-corrected chi connectivity index (χ1v) is 5.98. The van der Waals surface area contributed by atoms with E-state index in [1.165, 1.54) is 11.8 Å². The third kappa shape index (κ3) is 3.16. The number of aryl methyl sites for hydroxylation is 1. The molecule has 0 bridgehead atoms. The lowest BCUT2D eigenvalue weighted by Crippen LogP contribution is -2.56. The summed E-state index contributed by atoms with van der Waals surface area (Å²) in [4.78, 5) is 20.2. The van der Waals surface area contributed by atoms with Crippen LogP contribution < -0.4 is 16.0 Å². The predicted molar refractivity (Wildman–Crippen MR) is 65.0 cm³/mol. The van der Waals surface area contributed by atoms with Crippen molar-refractivity contribution in [1.82, 2.24) is 15.3 Å². The number of carbonyl (C=O) groups excluding carboxylic acids is 1. The Labute approximate surface area is 113 Å². The molecule has 1 amide bonds. The third-order valence-corrected chi connectivity index (χ3v) is 2.93. The Morgan fingerprint density at radius 1 is 1.50 bits per heavy atom. The number of alkyl halides is 3. The van der Waals surface area contributed by atoms with E-state index in [1.807, 2.05) is 0 Å². The lowest BCUT2D eigenvalue weighted by molar-refractivity contribution is -0.141. The molecule has 110 valence electrons. The molecule has 1 aromatic heterocycles. The molecule has 0 aliphatic carbocycles. The van der Waals surface area contributed by atoms with E-state index in [0.717, 1.165) is 6.07 Å². The number of aromatic nitrogens is 2. The highest BCUT2D eigenvalue weighted by Gasteiger charge is 2.34. The molecule has 0 spiro atoms. The number of hydrogen-bond acceptors (Lipinski definition) is 5. The standard InChI is InChI=1S/C11H14F3N5O/c1-6-4-8(11(12,13)14)18-10(17-6)19-3-2-16-7(5-19)9(15)20/h4,7,16H,2-3,5H2,1H3,(H2,15,20). The Morgan fingerprint density at radius 3 is 2.80 bits per heavy atom. The minimum Gasteiger partial charge on any atom is -0.368 e. The number of rotatable bonds is 2. The molecule has 2 rings (SSSR count). The van der Waals surface area contributed by atoms with Gasteiger partial charge in [-0.25, -0.2) is 9.97 Å². The second-order valence-electron chi connectivity index (χ2n) is 4.55. The summed E-state index contributed by atoms with van der Waals surface area (Å²) in [6.45, 7) is 2.45. The summed E-state index contributed by atoms with van der Waals surface area (Å²) in [6, 6.07) is 0.263. The maximum Gasteiger partial charge on any atom is 0.433 e. The van der Waals surface area contributed by atoms with Crippen molar-refractivity contribution in [3.8, 4) is 0 Å². The molecular weight excluding hydrogens is 275 g/mol. The van der Waals surface area contributed by atoms with Gasteiger partial charge in [0.15, 0.2) is 0 Å². The zero-order chi connectivity index (χ0) is 14.9. The fraction of sp³-hybridized carbons (Fsp3) is 0.545. The third-order valence-electron chi connectivity index (χ3n) is 2.93. The Hall–Kier alpha value is -1.90. The topological polar surface area (TPSA) is 84.1 Å². The number of halogens is 3. The van der Waals surface area contributed by atoms with Gasteiger partial charge in [0.2, 0.25) is 11.9 Å². The Kier molecular flexibility index (Phi) is 3.80. The number of nitrogens with zero attached hydrogens (tertiary/aromatic N) is 3. The lowest BCUT2D eigenvalue weighted by Gasteiger charge is -2.32. The molecule has 0 saturated carbocycles. The Bertz CT molecular complexity index is 519. The molecule has 6 nitrogen and oxygen atoms in total. The van der Waals surface area contributed by atoms with Crippen molar-refractivity contribution in [2.45, 2.75) is 19.1 Å². The first kappa shape index (κ1) is 14.5. The highest BCUT2D eigenvalue weighted by Crippen LogP contribution is 2.29. The van der Waals surface area contributed by atoms with Crippen LogP contribution >= 0.6 is 0 Å². The maximum absolute atomic E-state index is 12.7. The van der Waals surface area contributed by atoms with Crippen molar-refractivity contribution in [2.75, 3.05) is 24.5 Å². The number of amides is 1. The van der Waals surface area contributed by atoms with Crippen LogP contribution in [0, 0.1) is 6.92 Å². The van der Waals surface area contributed by atoms with Crippen molar-refractivity contribution in [3.63, 3.8) is 0 Å². The minimum absolute atomic E-state index is 0.0370. The van der Waals surface area contributed by atoms with Gasteiger partial charge in [-0.05, 0) is 13.0 Å². The van der Waals surface area contributed by atoms with E-state index in [-0.39, 0.29) is 18.2 Å². The van der Waals surface area contributed by atoms with Crippen LogP contribution in [0.4, 0.5) is 19.1 Å². The van der Waals surface area contributed by atoms with E-state index >= 15 is 0 Å². The van der Waals surface area contributed by atoms with E-state index in [4.69, 9.17) is 5.73 Å². The summed E-state index contributed by atoms with van der Waals surface area (Å²) < 4.78 is 38.2. The quantitative estimate of drug-likeness (QED) is 0.805. The normalized spacial score (nSPS) is 20.0. The van der Waals surface area contributed by atoms with Crippen molar-refractivity contribution in [3.05, 3.63) is 17.5 Å². The molecule has 1 atom stereocenters. The van der Waals surface area contributed by atoms with Gasteiger partial charge in [0.05, 0.1) is 0 Å². The van der Waals surface area contributed by atoms with Crippen molar-refractivity contribution in [2.24, 2.45) is 5.73 Å². The second kappa shape index (κ2) is 5.23. The monoisotopic (exact) mass is 289 g/mol. The molecule has 9 heteroatoms. The fourth-order valence-electron chi connectivity index (χ4n) is 1.96. The number of primary amides is 1. The lowest BCUT2D eigenvalue weighted by atomic mass is 10.2. The van der Waals surface area contributed by atoms with Gasteiger partial charge in [-0.3, -0.25) is 4.79 Å². The summed E-state index contributed by atoms with van der Waals surface area (Å²) in [5.74, 6) is -0.594. The first-order valence-electron chi connectivity index (χ1n) is 5.98. The van der Waals surface area contributed by atoms with E-state index in [0.29, 0.717) is 13.1 Å². The zero-order valence-corrected chi connectivity index (χ0v) is 10.7. The van der Waals surface area contributed by atoms with E-state index in [9.17, 15) is 18.0 Å². The highest BCUT2D eigenvalue weighted by atomic mass is 19.4. The second-order valence-corrected chi connectivity index (χ2v) is 4.55.